The van der Waals surface area contributed by atoms with Gasteiger partial charge in [-0.15, -0.1) is 0 Å². The SMILES string of the molecule is COc1ccc2c(c1)C(N)C(N(C)CC(C)(C)C)CC2. The molecule has 0 spiro atoms. The lowest BCUT2D eigenvalue weighted by Gasteiger charge is -2.40. The van der Waals surface area contributed by atoms with Crippen molar-refractivity contribution >= 4 is 0 Å². The molecule has 0 aromatic heterocycles. The monoisotopic (exact) mass is 276 g/mol. The molecule has 1 aliphatic carbocycles. The highest BCUT2D eigenvalue weighted by Gasteiger charge is 2.31. The molecular weight excluding hydrogens is 248 g/mol. The van der Waals surface area contributed by atoms with Crippen molar-refractivity contribution in [2.24, 2.45) is 11.1 Å². The number of aryl methyl sites for hydroxylation is 1. The van der Waals surface area contributed by atoms with E-state index in [1.54, 1.807) is 7.11 Å². The van der Waals surface area contributed by atoms with Gasteiger partial charge in [-0.2, -0.15) is 0 Å². The van der Waals surface area contributed by atoms with Gasteiger partial charge in [-0.1, -0.05) is 26.8 Å². The average molecular weight is 276 g/mol. The first-order chi connectivity index (χ1) is 9.31. The third-order valence-electron chi connectivity index (χ3n) is 4.13. The van der Waals surface area contributed by atoms with Crippen LogP contribution < -0.4 is 10.5 Å². The van der Waals surface area contributed by atoms with E-state index in [0.29, 0.717) is 11.5 Å². The van der Waals surface area contributed by atoms with Crippen LogP contribution in [0.1, 0.15) is 44.4 Å². The average Bonchev–Trinajstić information content (AvgIpc) is 2.36. The van der Waals surface area contributed by atoms with E-state index in [0.717, 1.165) is 25.1 Å². The number of fused-ring (bicyclic) bond motifs is 1. The number of rotatable bonds is 3. The standard InChI is InChI=1S/C17H28N2O/c1-17(2,3)11-19(4)15-9-7-12-6-8-13(20-5)10-14(12)16(15)18/h6,8,10,15-16H,7,9,11,18H2,1-5H3. The van der Waals surface area contributed by atoms with Crippen molar-refractivity contribution in [1.29, 1.82) is 0 Å². The van der Waals surface area contributed by atoms with Gasteiger partial charge in [-0.25, -0.2) is 0 Å². The Morgan fingerprint density at radius 3 is 2.65 bits per heavy atom. The van der Waals surface area contributed by atoms with E-state index in [-0.39, 0.29) is 6.04 Å². The molecule has 0 saturated heterocycles. The highest BCUT2D eigenvalue weighted by molar-refractivity contribution is 5.40. The Bertz CT molecular complexity index is 465. The zero-order chi connectivity index (χ0) is 14.9. The minimum atomic E-state index is 0.0706. The number of nitrogens with two attached hydrogens (primary N) is 1. The van der Waals surface area contributed by atoms with Gasteiger partial charge >= 0.3 is 0 Å². The number of likely N-dealkylation sites (N-methyl/N-ethyl adjacent to an activating group) is 1. The summed E-state index contributed by atoms with van der Waals surface area (Å²) >= 11 is 0. The minimum absolute atomic E-state index is 0.0706. The van der Waals surface area contributed by atoms with Gasteiger partial charge in [0.1, 0.15) is 5.75 Å². The maximum atomic E-state index is 6.54. The molecule has 0 aliphatic heterocycles. The first-order valence-electron chi connectivity index (χ1n) is 7.44. The van der Waals surface area contributed by atoms with Crippen LogP contribution in [0.4, 0.5) is 0 Å². The van der Waals surface area contributed by atoms with E-state index < -0.39 is 0 Å². The van der Waals surface area contributed by atoms with Crippen LogP contribution >= 0.6 is 0 Å². The molecule has 0 amide bonds. The molecule has 3 nitrogen and oxygen atoms in total. The normalized spacial score (nSPS) is 22.8. The van der Waals surface area contributed by atoms with Crippen LogP contribution in [0.2, 0.25) is 0 Å². The Morgan fingerprint density at radius 1 is 1.35 bits per heavy atom. The molecule has 112 valence electrons. The van der Waals surface area contributed by atoms with Gasteiger partial charge in [-0.05, 0) is 48.6 Å². The highest BCUT2D eigenvalue weighted by atomic mass is 16.5. The Balaban J connectivity index is 2.19. The van der Waals surface area contributed by atoms with Gasteiger partial charge in [0.15, 0.2) is 0 Å². The molecule has 3 heteroatoms. The van der Waals surface area contributed by atoms with Gasteiger partial charge in [0.25, 0.3) is 0 Å². The number of hydrogen-bond donors (Lipinski definition) is 1. The number of benzene rings is 1. The van der Waals surface area contributed by atoms with Crippen molar-refractivity contribution in [2.75, 3.05) is 20.7 Å². The number of ether oxygens (including phenoxy) is 1. The van der Waals surface area contributed by atoms with Crippen molar-refractivity contribution in [1.82, 2.24) is 4.90 Å². The van der Waals surface area contributed by atoms with Gasteiger partial charge in [0, 0.05) is 18.6 Å². The van der Waals surface area contributed by atoms with E-state index in [9.17, 15) is 0 Å². The van der Waals surface area contributed by atoms with Crippen molar-refractivity contribution in [3.8, 4) is 5.75 Å². The van der Waals surface area contributed by atoms with Gasteiger partial charge in [0.05, 0.1) is 7.11 Å². The van der Waals surface area contributed by atoms with Crippen LogP contribution in [-0.2, 0) is 6.42 Å². The molecule has 2 rings (SSSR count). The molecule has 2 unspecified atom stereocenters. The number of methoxy groups -OCH3 is 1. The fraction of sp³-hybridized carbons (Fsp3) is 0.647. The topological polar surface area (TPSA) is 38.5 Å². The Hall–Kier alpha value is -1.06. The minimum Gasteiger partial charge on any atom is -0.497 e. The third kappa shape index (κ3) is 3.33. The Labute approximate surface area is 123 Å². The lowest BCUT2D eigenvalue weighted by Crippen LogP contribution is -2.46. The summed E-state index contributed by atoms with van der Waals surface area (Å²) in [6.45, 7) is 7.88. The molecule has 0 saturated carbocycles. The predicted octanol–water partition coefficient (Wildman–Crippen LogP) is 2.99. The summed E-state index contributed by atoms with van der Waals surface area (Å²) in [5.41, 5.74) is 9.46. The first kappa shape index (κ1) is 15.3. The summed E-state index contributed by atoms with van der Waals surface area (Å²) in [4.78, 5) is 2.42. The largest absolute Gasteiger partial charge is 0.497 e. The molecule has 2 N–H and O–H groups in total. The number of nitrogens with zero attached hydrogens (tertiary/aromatic N) is 1. The lowest BCUT2D eigenvalue weighted by molar-refractivity contribution is 0.140. The van der Waals surface area contributed by atoms with E-state index in [4.69, 9.17) is 10.5 Å². The first-order valence-corrected chi connectivity index (χ1v) is 7.44. The zero-order valence-corrected chi connectivity index (χ0v) is 13.4. The predicted molar refractivity (Wildman–Crippen MR) is 84.1 cm³/mol. The maximum absolute atomic E-state index is 6.54. The van der Waals surface area contributed by atoms with Crippen LogP contribution in [0.15, 0.2) is 18.2 Å². The van der Waals surface area contributed by atoms with Crippen molar-refractivity contribution in [3.63, 3.8) is 0 Å². The fourth-order valence-corrected chi connectivity index (χ4v) is 3.29. The highest BCUT2D eigenvalue weighted by Crippen LogP contribution is 2.34. The second kappa shape index (κ2) is 5.74. The van der Waals surface area contributed by atoms with Crippen LogP contribution in [0.3, 0.4) is 0 Å². The van der Waals surface area contributed by atoms with Crippen LogP contribution in [0, 0.1) is 5.41 Å². The van der Waals surface area contributed by atoms with Crippen LogP contribution in [0.5, 0.6) is 5.75 Å². The summed E-state index contributed by atoms with van der Waals surface area (Å²) in [6.07, 6.45) is 2.24. The summed E-state index contributed by atoms with van der Waals surface area (Å²) in [6, 6.07) is 6.78. The molecule has 0 bridgehead atoms. The molecule has 1 aliphatic rings. The van der Waals surface area contributed by atoms with Crippen LogP contribution in [-0.4, -0.2) is 31.6 Å². The second-order valence-electron chi connectivity index (χ2n) is 7.17. The summed E-state index contributed by atoms with van der Waals surface area (Å²) in [5, 5.41) is 0. The van der Waals surface area contributed by atoms with E-state index >= 15 is 0 Å². The van der Waals surface area contributed by atoms with Crippen molar-refractivity contribution in [2.45, 2.75) is 45.7 Å². The summed E-state index contributed by atoms with van der Waals surface area (Å²) < 4.78 is 5.34. The van der Waals surface area contributed by atoms with Gasteiger partial charge in [0.2, 0.25) is 0 Å². The van der Waals surface area contributed by atoms with Crippen LogP contribution in [0.25, 0.3) is 0 Å². The maximum Gasteiger partial charge on any atom is 0.119 e. The molecule has 20 heavy (non-hydrogen) atoms. The van der Waals surface area contributed by atoms with Gasteiger partial charge in [-0.3, -0.25) is 0 Å². The Kier molecular flexibility index (Phi) is 4.40. The fourth-order valence-electron chi connectivity index (χ4n) is 3.29. The molecule has 0 fully saturated rings. The molecule has 0 heterocycles. The van der Waals surface area contributed by atoms with E-state index in [2.05, 4.69) is 44.9 Å². The molecule has 2 atom stereocenters. The lowest BCUT2D eigenvalue weighted by atomic mass is 9.83. The molecule has 0 radical (unpaired) electrons. The molecule has 1 aromatic carbocycles. The zero-order valence-electron chi connectivity index (χ0n) is 13.4. The van der Waals surface area contributed by atoms with Crippen molar-refractivity contribution < 1.29 is 4.74 Å². The quantitative estimate of drug-likeness (QED) is 0.922. The van der Waals surface area contributed by atoms with Crippen molar-refractivity contribution in [3.05, 3.63) is 29.3 Å². The summed E-state index contributed by atoms with van der Waals surface area (Å²) in [5.74, 6) is 0.901. The van der Waals surface area contributed by atoms with E-state index in [1.807, 2.05) is 6.07 Å². The van der Waals surface area contributed by atoms with Gasteiger partial charge < -0.3 is 15.4 Å². The third-order valence-corrected chi connectivity index (χ3v) is 4.13. The van der Waals surface area contributed by atoms with E-state index in [1.165, 1.54) is 11.1 Å². The second-order valence-corrected chi connectivity index (χ2v) is 7.17. The molecular formula is C17H28N2O. The number of hydrogen-bond acceptors (Lipinski definition) is 3. The molecule has 1 aromatic rings. The smallest absolute Gasteiger partial charge is 0.119 e. The Morgan fingerprint density at radius 2 is 2.05 bits per heavy atom. The summed E-state index contributed by atoms with van der Waals surface area (Å²) in [7, 11) is 3.90.